The van der Waals surface area contributed by atoms with E-state index in [1.807, 2.05) is 12.1 Å². The van der Waals surface area contributed by atoms with Gasteiger partial charge in [0.1, 0.15) is 11.5 Å². The van der Waals surface area contributed by atoms with Crippen molar-refractivity contribution in [2.24, 2.45) is 0 Å². The van der Waals surface area contributed by atoms with Crippen molar-refractivity contribution < 1.29 is 4.79 Å². The monoisotopic (exact) mass is 393 g/mol. The van der Waals surface area contributed by atoms with Crippen molar-refractivity contribution in [3.05, 3.63) is 42.4 Å². The van der Waals surface area contributed by atoms with Gasteiger partial charge < -0.3 is 15.5 Å². The second-order valence-corrected chi connectivity index (χ2v) is 8.17. The summed E-state index contributed by atoms with van der Waals surface area (Å²) < 4.78 is 0. The lowest BCUT2D eigenvalue weighted by Gasteiger charge is -2.28. The van der Waals surface area contributed by atoms with Gasteiger partial charge in [-0.25, -0.2) is 9.97 Å². The van der Waals surface area contributed by atoms with Crippen LogP contribution in [0.4, 0.5) is 17.2 Å². The summed E-state index contributed by atoms with van der Waals surface area (Å²) in [4.78, 5) is 23.6. The maximum absolute atomic E-state index is 12.5. The molecule has 1 saturated carbocycles. The standard InChI is InChI=1S/C23H31N5O/c29-23(27-19-10-12-20(13-11-19)28-14-6-3-7-15-28)21-16-25-22(17-24-21)26-18-8-4-1-2-5-9-18/h10-13,16-18H,1-9,14-15H2,(H,25,26)(H,27,29). The van der Waals surface area contributed by atoms with Crippen molar-refractivity contribution in [1.82, 2.24) is 9.97 Å². The summed E-state index contributed by atoms with van der Waals surface area (Å²) in [5.74, 6) is 0.517. The first-order valence-corrected chi connectivity index (χ1v) is 11.0. The number of hydrogen-bond acceptors (Lipinski definition) is 5. The smallest absolute Gasteiger partial charge is 0.275 e. The lowest BCUT2D eigenvalue weighted by Crippen LogP contribution is -2.29. The van der Waals surface area contributed by atoms with Crippen LogP contribution in [0.5, 0.6) is 0 Å². The number of nitrogens with zero attached hydrogens (tertiary/aromatic N) is 3. The summed E-state index contributed by atoms with van der Waals surface area (Å²) >= 11 is 0. The predicted molar refractivity (Wildman–Crippen MR) is 118 cm³/mol. The number of piperidine rings is 1. The second-order valence-electron chi connectivity index (χ2n) is 8.17. The summed E-state index contributed by atoms with van der Waals surface area (Å²) in [6, 6.07) is 8.53. The van der Waals surface area contributed by atoms with Gasteiger partial charge in [-0.15, -0.1) is 0 Å². The van der Waals surface area contributed by atoms with Crippen molar-refractivity contribution in [3.63, 3.8) is 0 Å². The molecule has 1 aliphatic carbocycles. The summed E-state index contributed by atoms with van der Waals surface area (Å²) in [6.07, 6.45) is 14.6. The Morgan fingerprint density at radius 3 is 2.21 bits per heavy atom. The number of amides is 1. The maximum atomic E-state index is 12.5. The van der Waals surface area contributed by atoms with Gasteiger partial charge in [0.25, 0.3) is 5.91 Å². The Bertz CT molecular complexity index is 776. The number of hydrogen-bond donors (Lipinski definition) is 2. The molecule has 2 N–H and O–H groups in total. The lowest BCUT2D eigenvalue weighted by molar-refractivity contribution is 0.102. The molecule has 2 heterocycles. The molecular weight excluding hydrogens is 362 g/mol. The molecular formula is C23H31N5O. The van der Waals surface area contributed by atoms with E-state index < -0.39 is 0 Å². The maximum Gasteiger partial charge on any atom is 0.275 e. The lowest BCUT2D eigenvalue weighted by atomic mass is 10.1. The van der Waals surface area contributed by atoms with E-state index in [1.54, 1.807) is 12.4 Å². The van der Waals surface area contributed by atoms with Gasteiger partial charge >= 0.3 is 0 Å². The third kappa shape index (κ3) is 5.46. The van der Waals surface area contributed by atoms with Crippen molar-refractivity contribution >= 4 is 23.1 Å². The number of nitrogens with one attached hydrogen (secondary N) is 2. The normalized spacial score (nSPS) is 18.1. The van der Waals surface area contributed by atoms with Crippen LogP contribution in [0, 0.1) is 0 Å². The van der Waals surface area contributed by atoms with Gasteiger partial charge in [0.05, 0.1) is 12.4 Å². The third-order valence-corrected chi connectivity index (χ3v) is 5.94. The summed E-state index contributed by atoms with van der Waals surface area (Å²) in [5, 5.41) is 6.38. The molecule has 0 radical (unpaired) electrons. The Kier molecular flexibility index (Phi) is 6.60. The van der Waals surface area contributed by atoms with Gasteiger partial charge in [-0.2, -0.15) is 0 Å². The average Bonchev–Trinajstić information content (AvgIpc) is 3.04. The number of aromatic nitrogens is 2. The highest BCUT2D eigenvalue weighted by atomic mass is 16.1. The molecule has 2 aliphatic rings. The molecule has 0 spiro atoms. The molecule has 1 amide bonds. The van der Waals surface area contributed by atoms with Gasteiger partial charge in [0, 0.05) is 30.5 Å². The van der Waals surface area contributed by atoms with E-state index in [4.69, 9.17) is 0 Å². The van der Waals surface area contributed by atoms with Crippen LogP contribution in [0.3, 0.4) is 0 Å². The summed E-state index contributed by atoms with van der Waals surface area (Å²) in [7, 11) is 0. The summed E-state index contributed by atoms with van der Waals surface area (Å²) in [5.41, 5.74) is 2.33. The zero-order chi connectivity index (χ0) is 19.9. The van der Waals surface area contributed by atoms with Gasteiger partial charge in [-0.05, 0) is 56.4 Å². The second kappa shape index (κ2) is 9.72. The Balaban J connectivity index is 1.32. The van der Waals surface area contributed by atoms with E-state index >= 15 is 0 Å². The van der Waals surface area contributed by atoms with Gasteiger partial charge in [-0.1, -0.05) is 25.7 Å². The van der Waals surface area contributed by atoms with Crippen LogP contribution < -0.4 is 15.5 Å². The molecule has 154 valence electrons. The Morgan fingerprint density at radius 2 is 1.55 bits per heavy atom. The molecule has 4 rings (SSSR count). The third-order valence-electron chi connectivity index (χ3n) is 5.94. The zero-order valence-corrected chi connectivity index (χ0v) is 17.1. The fraction of sp³-hybridized carbons (Fsp3) is 0.522. The molecule has 2 aromatic rings. The number of carbonyl (C=O) groups is 1. The Labute approximate surface area is 173 Å². The first kappa shape index (κ1) is 19.7. The first-order chi connectivity index (χ1) is 14.3. The Hall–Kier alpha value is -2.63. The highest BCUT2D eigenvalue weighted by molar-refractivity contribution is 6.02. The fourth-order valence-corrected chi connectivity index (χ4v) is 4.26. The topological polar surface area (TPSA) is 70.2 Å². The van der Waals surface area contributed by atoms with Gasteiger partial charge in [0.15, 0.2) is 0 Å². The van der Waals surface area contributed by atoms with Crippen molar-refractivity contribution in [1.29, 1.82) is 0 Å². The van der Waals surface area contributed by atoms with E-state index in [-0.39, 0.29) is 5.91 Å². The largest absolute Gasteiger partial charge is 0.372 e. The molecule has 0 bridgehead atoms. The summed E-state index contributed by atoms with van der Waals surface area (Å²) in [6.45, 7) is 2.23. The minimum absolute atomic E-state index is 0.232. The number of rotatable bonds is 5. The highest BCUT2D eigenvalue weighted by Gasteiger charge is 2.14. The molecule has 6 nitrogen and oxygen atoms in total. The van der Waals surface area contributed by atoms with Crippen LogP contribution >= 0.6 is 0 Å². The minimum Gasteiger partial charge on any atom is -0.372 e. The number of carbonyl (C=O) groups excluding carboxylic acids is 1. The van der Waals surface area contributed by atoms with Crippen LogP contribution in [-0.2, 0) is 0 Å². The molecule has 6 heteroatoms. The van der Waals surface area contributed by atoms with Gasteiger partial charge in [-0.3, -0.25) is 4.79 Å². The molecule has 29 heavy (non-hydrogen) atoms. The Morgan fingerprint density at radius 1 is 0.862 bits per heavy atom. The average molecular weight is 394 g/mol. The number of anilines is 3. The van der Waals surface area contributed by atoms with Crippen molar-refractivity contribution in [2.75, 3.05) is 28.6 Å². The molecule has 0 atom stereocenters. The molecule has 0 unspecified atom stereocenters. The molecule has 1 aromatic heterocycles. The van der Waals surface area contributed by atoms with E-state index in [0.717, 1.165) is 24.6 Å². The first-order valence-electron chi connectivity index (χ1n) is 11.0. The van der Waals surface area contributed by atoms with Crippen molar-refractivity contribution in [2.45, 2.75) is 63.8 Å². The molecule has 1 aliphatic heterocycles. The van der Waals surface area contributed by atoms with Crippen molar-refractivity contribution in [3.8, 4) is 0 Å². The SMILES string of the molecule is O=C(Nc1ccc(N2CCCCC2)cc1)c1cnc(NC2CCCCCC2)cn1. The molecule has 1 saturated heterocycles. The zero-order valence-electron chi connectivity index (χ0n) is 17.1. The van der Waals surface area contributed by atoms with Crippen LogP contribution in [0.25, 0.3) is 0 Å². The van der Waals surface area contributed by atoms with Gasteiger partial charge in [0.2, 0.25) is 0 Å². The van der Waals surface area contributed by atoms with Crippen LogP contribution in [0.1, 0.15) is 68.3 Å². The number of benzene rings is 1. The van der Waals surface area contributed by atoms with Crippen LogP contribution in [0.15, 0.2) is 36.7 Å². The highest BCUT2D eigenvalue weighted by Crippen LogP contribution is 2.22. The van der Waals surface area contributed by atoms with E-state index in [9.17, 15) is 4.79 Å². The molecule has 2 fully saturated rings. The fourth-order valence-electron chi connectivity index (χ4n) is 4.26. The van der Waals surface area contributed by atoms with E-state index in [2.05, 4.69) is 37.6 Å². The van der Waals surface area contributed by atoms with E-state index in [0.29, 0.717) is 11.7 Å². The predicted octanol–water partition coefficient (Wildman–Crippen LogP) is 4.85. The van der Waals surface area contributed by atoms with Crippen LogP contribution in [-0.4, -0.2) is 35.0 Å². The van der Waals surface area contributed by atoms with E-state index in [1.165, 1.54) is 63.5 Å². The molecule has 1 aromatic carbocycles. The van der Waals surface area contributed by atoms with Crippen LogP contribution in [0.2, 0.25) is 0 Å². The quantitative estimate of drug-likeness (QED) is 0.710. The minimum atomic E-state index is -0.232.